The SMILES string of the molecule is CN(c1ccc(NC(=O)NC[C@H]2CCN(CC(F)(F)F)C2)cc1F)C1CCCCC1. The van der Waals surface area contributed by atoms with Crippen LogP contribution in [0.1, 0.15) is 38.5 Å². The summed E-state index contributed by atoms with van der Waals surface area (Å²) >= 11 is 0. The van der Waals surface area contributed by atoms with E-state index in [4.69, 9.17) is 0 Å². The lowest BCUT2D eigenvalue weighted by Crippen LogP contribution is -2.36. The predicted molar refractivity (Wildman–Crippen MR) is 109 cm³/mol. The Hall–Kier alpha value is -2.03. The van der Waals surface area contributed by atoms with Crippen molar-refractivity contribution in [1.82, 2.24) is 10.2 Å². The van der Waals surface area contributed by atoms with Gasteiger partial charge in [-0.2, -0.15) is 13.2 Å². The maximum absolute atomic E-state index is 14.6. The Labute approximate surface area is 174 Å². The molecule has 0 spiro atoms. The number of carbonyl (C=O) groups is 1. The third kappa shape index (κ3) is 6.48. The zero-order chi connectivity index (χ0) is 21.7. The summed E-state index contributed by atoms with van der Waals surface area (Å²) in [5.74, 6) is -0.416. The molecule has 3 rings (SSSR count). The van der Waals surface area contributed by atoms with Crippen molar-refractivity contribution in [3.8, 4) is 0 Å². The standard InChI is InChI=1S/C21H30F4N4O/c1-28(17-5-3-2-4-6-17)19-8-7-16(11-18(19)22)27-20(30)26-12-15-9-10-29(13-15)14-21(23,24)25/h7-8,11,15,17H,2-6,9-10,12-14H2,1H3,(H2,26,27,30)/t15-/m1/s1. The molecule has 1 aromatic carbocycles. The van der Waals surface area contributed by atoms with Gasteiger partial charge in [0.05, 0.1) is 12.2 Å². The fourth-order valence-electron chi connectivity index (χ4n) is 4.42. The molecule has 9 heteroatoms. The Morgan fingerprint density at radius 3 is 2.60 bits per heavy atom. The van der Waals surface area contributed by atoms with E-state index in [2.05, 4.69) is 10.6 Å². The summed E-state index contributed by atoms with van der Waals surface area (Å²) in [6.45, 7) is 0.0348. The van der Waals surface area contributed by atoms with Gasteiger partial charge in [0.15, 0.2) is 0 Å². The van der Waals surface area contributed by atoms with Crippen molar-refractivity contribution in [3.05, 3.63) is 24.0 Å². The fraction of sp³-hybridized carbons (Fsp3) is 0.667. The molecule has 5 nitrogen and oxygen atoms in total. The lowest BCUT2D eigenvalue weighted by molar-refractivity contribution is -0.143. The molecule has 1 saturated heterocycles. The minimum Gasteiger partial charge on any atom is -0.369 e. The van der Waals surface area contributed by atoms with Gasteiger partial charge in [-0.05, 0) is 49.9 Å². The van der Waals surface area contributed by atoms with Crippen LogP contribution >= 0.6 is 0 Å². The van der Waals surface area contributed by atoms with Gasteiger partial charge in [-0.15, -0.1) is 0 Å². The maximum Gasteiger partial charge on any atom is 0.401 e. The number of likely N-dealkylation sites (tertiary alicyclic amines) is 1. The number of carbonyl (C=O) groups excluding carboxylic acids is 1. The van der Waals surface area contributed by atoms with Crippen LogP contribution in [0.4, 0.5) is 33.7 Å². The van der Waals surface area contributed by atoms with Gasteiger partial charge in [0.25, 0.3) is 0 Å². The molecule has 1 aliphatic carbocycles. The summed E-state index contributed by atoms with van der Waals surface area (Å²) in [5.41, 5.74) is 0.861. The highest BCUT2D eigenvalue weighted by Crippen LogP contribution is 2.29. The number of halogens is 4. The number of rotatable bonds is 6. The van der Waals surface area contributed by atoms with Crippen molar-refractivity contribution in [2.45, 2.75) is 50.7 Å². The summed E-state index contributed by atoms with van der Waals surface area (Å²) in [6.07, 6.45) is 2.05. The zero-order valence-electron chi connectivity index (χ0n) is 17.3. The van der Waals surface area contributed by atoms with Crippen LogP contribution in [0, 0.1) is 11.7 Å². The molecular weight excluding hydrogens is 400 g/mol. The number of benzene rings is 1. The van der Waals surface area contributed by atoms with Crippen molar-refractivity contribution in [2.75, 3.05) is 43.4 Å². The average molecular weight is 430 g/mol. The minimum absolute atomic E-state index is 0.0265. The molecule has 0 unspecified atom stereocenters. The number of urea groups is 1. The lowest BCUT2D eigenvalue weighted by atomic mass is 9.94. The molecule has 1 aliphatic heterocycles. The molecule has 2 amide bonds. The van der Waals surface area contributed by atoms with E-state index >= 15 is 0 Å². The monoisotopic (exact) mass is 430 g/mol. The van der Waals surface area contributed by atoms with Crippen molar-refractivity contribution in [1.29, 1.82) is 0 Å². The van der Waals surface area contributed by atoms with E-state index in [1.807, 2.05) is 11.9 Å². The molecule has 1 aromatic rings. The topological polar surface area (TPSA) is 47.6 Å². The van der Waals surface area contributed by atoms with Crippen LogP contribution < -0.4 is 15.5 Å². The zero-order valence-corrected chi connectivity index (χ0v) is 17.3. The number of alkyl halides is 3. The van der Waals surface area contributed by atoms with Crippen LogP contribution in [0.2, 0.25) is 0 Å². The Morgan fingerprint density at radius 2 is 1.93 bits per heavy atom. The Kier molecular flexibility index (Phi) is 7.44. The van der Waals surface area contributed by atoms with Crippen LogP contribution in [-0.2, 0) is 0 Å². The van der Waals surface area contributed by atoms with Gasteiger partial charge in [-0.3, -0.25) is 4.90 Å². The van der Waals surface area contributed by atoms with Crippen molar-refractivity contribution < 1.29 is 22.4 Å². The Morgan fingerprint density at radius 1 is 1.20 bits per heavy atom. The van der Waals surface area contributed by atoms with Crippen molar-refractivity contribution in [3.63, 3.8) is 0 Å². The third-order valence-electron chi connectivity index (χ3n) is 6.03. The second kappa shape index (κ2) is 9.85. The van der Waals surface area contributed by atoms with E-state index in [-0.39, 0.29) is 18.3 Å². The summed E-state index contributed by atoms with van der Waals surface area (Å²) in [4.78, 5) is 15.4. The summed E-state index contributed by atoms with van der Waals surface area (Å²) in [5, 5.41) is 5.27. The molecule has 0 bridgehead atoms. The second-order valence-electron chi connectivity index (χ2n) is 8.41. The number of hydrogen-bond donors (Lipinski definition) is 2. The van der Waals surface area contributed by atoms with Crippen LogP contribution in [0.3, 0.4) is 0 Å². The Bertz CT molecular complexity index is 721. The number of hydrogen-bond acceptors (Lipinski definition) is 3. The largest absolute Gasteiger partial charge is 0.401 e. The highest BCUT2D eigenvalue weighted by molar-refractivity contribution is 5.89. The fourth-order valence-corrected chi connectivity index (χ4v) is 4.42. The quantitative estimate of drug-likeness (QED) is 0.649. The van der Waals surface area contributed by atoms with Crippen LogP contribution in [0.25, 0.3) is 0 Å². The van der Waals surface area contributed by atoms with Crippen LogP contribution in [0.15, 0.2) is 18.2 Å². The van der Waals surface area contributed by atoms with Gasteiger partial charge in [-0.25, -0.2) is 9.18 Å². The molecule has 2 N–H and O–H groups in total. The molecule has 2 fully saturated rings. The predicted octanol–water partition coefficient (Wildman–Crippen LogP) is 4.60. The number of nitrogens with one attached hydrogen (secondary N) is 2. The molecular formula is C21H30F4N4O. The average Bonchev–Trinajstić information content (AvgIpc) is 3.12. The van der Waals surface area contributed by atoms with E-state index < -0.39 is 18.8 Å². The first kappa shape index (κ1) is 22.7. The van der Waals surface area contributed by atoms with Gasteiger partial charge < -0.3 is 15.5 Å². The van der Waals surface area contributed by atoms with E-state index in [1.54, 1.807) is 12.1 Å². The first-order chi connectivity index (χ1) is 14.2. The summed E-state index contributed by atoms with van der Waals surface area (Å²) in [6, 6.07) is 4.48. The highest BCUT2D eigenvalue weighted by Gasteiger charge is 2.34. The molecule has 1 heterocycles. The molecule has 0 radical (unpaired) electrons. The van der Waals surface area contributed by atoms with E-state index in [0.717, 1.165) is 25.7 Å². The smallest absolute Gasteiger partial charge is 0.369 e. The van der Waals surface area contributed by atoms with Gasteiger partial charge in [0, 0.05) is 31.9 Å². The summed E-state index contributed by atoms with van der Waals surface area (Å²) < 4.78 is 52.0. The van der Waals surface area contributed by atoms with Gasteiger partial charge in [-0.1, -0.05) is 19.3 Å². The van der Waals surface area contributed by atoms with Crippen LogP contribution in [-0.4, -0.2) is 56.4 Å². The van der Waals surface area contributed by atoms with Gasteiger partial charge >= 0.3 is 12.2 Å². The number of amides is 2. The van der Waals surface area contributed by atoms with Gasteiger partial charge in [0.2, 0.25) is 0 Å². The van der Waals surface area contributed by atoms with Crippen molar-refractivity contribution >= 4 is 17.4 Å². The summed E-state index contributed by atoms with van der Waals surface area (Å²) in [7, 11) is 1.90. The van der Waals surface area contributed by atoms with Crippen molar-refractivity contribution in [2.24, 2.45) is 5.92 Å². The number of nitrogens with zero attached hydrogens (tertiary/aromatic N) is 2. The third-order valence-corrected chi connectivity index (χ3v) is 6.03. The second-order valence-corrected chi connectivity index (χ2v) is 8.41. The molecule has 0 aromatic heterocycles. The van der Waals surface area contributed by atoms with Gasteiger partial charge in [0.1, 0.15) is 5.82 Å². The minimum atomic E-state index is -4.21. The first-order valence-corrected chi connectivity index (χ1v) is 10.6. The van der Waals surface area contributed by atoms with Crippen LogP contribution in [0.5, 0.6) is 0 Å². The lowest BCUT2D eigenvalue weighted by Gasteiger charge is -2.33. The maximum atomic E-state index is 14.6. The highest BCUT2D eigenvalue weighted by atomic mass is 19.4. The Balaban J connectivity index is 1.46. The van der Waals surface area contributed by atoms with E-state index in [0.29, 0.717) is 36.9 Å². The van der Waals surface area contributed by atoms with E-state index in [9.17, 15) is 22.4 Å². The molecule has 168 valence electrons. The first-order valence-electron chi connectivity index (χ1n) is 10.6. The van der Waals surface area contributed by atoms with E-state index in [1.165, 1.54) is 17.4 Å². The normalized spacial score (nSPS) is 20.9. The molecule has 30 heavy (non-hydrogen) atoms. The molecule has 1 atom stereocenters. The number of anilines is 2. The molecule has 2 aliphatic rings. The molecule has 1 saturated carbocycles.